The largest absolute Gasteiger partial charge is 0.394 e. The Labute approximate surface area is 131 Å². The molecule has 0 spiro atoms. The van der Waals surface area contributed by atoms with Crippen LogP contribution in [0.3, 0.4) is 0 Å². The molecule has 0 amide bonds. The van der Waals surface area contributed by atoms with Crippen molar-refractivity contribution in [3.63, 3.8) is 0 Å². The standard InChI is InChI=1S/C15H16N4O2S/c16-12-6-10(11-2-1-5-22-11)14-15(18-12)19(8-17-14)13-4-3-9(7-20)21-13/h1-2,5-6,8-9,13,20H,3-4,7H2,(H2,16,18)/t9-,13+/m0/s1. The molecular formula is C15H16N4O2S. The SMILES string of the molecule is Nc1cc(-c2cccs2)c2ncn([C@H]3CC[C@@H](CO)O3)c2n1. The van der Waals surface area contributed by atoms with Gasteiger partial charge in [0, 0.05) is 10.4 Å². The van der Waals surface area contributed by atoms with E-state index in [2.05, 4.69) is 9.97 Å². The number of nitrogens with zero attached hydrogens (tertiary/aromatic N) is 3. The zero-order chi connectivity index (χ0) is 15.1. The highest BCUT2D eigenvalue weighted by molar-refractivity contribution is 7.13. The van der Waals surface area contributed by atoms with Gasteiger partial charge in [-0.25, -0.2) is 9.97 Å². The number of pyridine rings is 1. The van der Waals surface area contributed by atoms with Gasteiger partial charge in [0.05, 0.1) is 19.0 Å². The van der Waals surface area contributed by atoms with Crippen LogP contribution in [0.4, 0.5) is 5.82 Å². The monoisotopic (exact) mass is 316 g/mol. The molecule has 0 unspecified atom stereocenters. The lowest BCUT2D eigenvalue weighted by atomic mass is 10.2. The summed E-state index contributed by atoms with van der Waals surface area (Å²) in [4.78, 5) is 10.1. The molecule has 2 atom stereocenters. The molecule has 3 aromatic heterocycles. The van der Waals surface area contributed by atoms with Crippen LogP contribution in [-0.4, -0.2) is 32.4 Å². The van der Waals surface area contributed by atoms with E-state index in [4.69, 9.17) is 10.5 Å². The number of aromatic nitrogens is 3. The van der Waals surface area contributed by atoms with Crippen LogP contribution < -0.4 is 5.73 Å². The van der Waals surface area contributed by atoms with Gasteiger partial charge in [0.2, 0.25) is 0 Å². The Morgan fingerprint density at radius 2 is 2.36 bits per heavy atom. The lowest BCUT2D eigenvalue weighted by molar-refractivity contribution is -0.0207. The van der Waals surface area contributed by atoms with E-state index in [1.54, 1.807) is 17.7 Å². The molecule has 3 aromatic rings. The van der Waals surface area contributed by atoms with Crippen molar-refractivity contribution in [3.05, 3.63) is 29.9 Å². The molecule has 1 saturated heterocycles. The zero-order valence-corrected chi connectivity index (χ0v) is 12.7. The minimum Gasteiger partial charge on any atom is -0.394 e. The topological polar surface area (TPSA) is 86.2 Å². The highest BCUT2D eigenvalue weighted by Gasteiger charge is 2.28. The Morgan fingerprint density at radius 1 is 1.45 bits per heavy atom. The van der Waals surface area contributed by atoms with E-state index in [-0.39, 0.29) is 18.9 Å². The number of thiophene rings is 1. The second-order valence-corrected chi connectivity index (χ2v) is 6.32. The van der Waals surface area contributed by atoms with Gasteiger partial charge in [0.1, 0.15) is 17.6 Å². The minimum atomic E-state index is -0.146. The number of nitrogens with two attached hydrogens (primary N) is 1. The lowest BCUT2D eigenvalue weighted by Crippen LogP contribution is -2.14. The number of aliphatic hydroxyl groups excluding tert-OH is 1. The quantitative estimate of drug-likeness (QED) is 0.775. The summed E-state index contributed by atoms with van der Waals surface area (Å²) in [5.74, 6) is 0.467. The number of fused-ring (bicyclic) bond motifs is 1. The Balaban J connectivity index is 1.82. The summed E-state index contributed by atoms with van der Waals surface area (Å²) in [7, 11) is 0. The summed E-state index contributed by atoms with van der Waals surface area (Å²) < 4.78 is 7.74. The van der Waals surface area contributed by atoms with E-state index < -0.39 is 0 Å². The van der Waals surface area contributed by atoms with Crippen LogP contribution in [0.15, 0.2) is 29.9 Å². The number of anilines is 1. The van der Waals surface area contributed by atoms with Gasteiger partial charge < -0.3 is 15.6 Å². The average Bonchev–Trinajstić information content (AvgIpc) is 3.25. The summed E-state index contributed by atoms with van der Waals surface area (Å²) in [5, 5.41) is 11.3. The Morgan fingerprint density at radius 3 is 3.09 bits per heavy atom. The smallest absolute Gasteiger partial charge is 0.164 e. The second-order valence-electron chi connectivity index (χ2n) is 5.37. The van der Waals surface area contributed by atoms with Crippen LogP contribution >= 0.6 is 11.3 Å². The van der Waals surface area contributed by atoms with Crippen molar-refractivity contribution >= 4 is 28.3 Å². The van der Waals surface area contributed by atoms with E-state index in [1.165, 1.54) is 0 Å². The molecule has 3 N–H and O–H groups in total. The summed E-state index contributed by atoms with van der Waals surface area (Å²) >= 11 is 1.65. The Kier molecular flexibility index (Phi) is 3.33. The number of hydrogen-bond acceptors (Lipinski definition) is 6. The Hall–Kier alpha value is -1.96. The Bertz CT molecular complexity index is 799. The van der Waals surface area contributed by atoms with Crippen LogP contribution in [0.5, 0.6) is 0 Å². The van der Waals surface area contributed by atoms with Gasteiger partial charge in [-0.2, -0.15) is 0 Å². The van der Waals surface area contributed by atoms with Gasteiger partial charge >= 0.3 is 0 Å². The number of nitrogen functional groups attached to an aromatic ring is 1. The van der Waals surface area contributed by atoms with Gasteiger partial charge in [-0.05, 0) is 30.4 Å². The molecule has 6 nitrogen and oxygen atoms in total. The van der Waals surface area contributed by atoms with E-state index in [0.717, 1.165) is 34.4 Å². The van der Waals surface area contributed by atoms with Crippen molar-refractivity contribution in [2.45, 2.75) is 25.2 Å². The minimum absolute atomic E-state index is 0.0408. The molecule has 0 saturated carbocycles. The third-order valence-corrected chi connectivity index (χ3v) is 4.84. The maximum Gasteiger partial charge on any atom is 0.164 e. The summed E-state index contributed by atoms with van der Waals surface area (Å²) in [5.41, 5.74) is 8.53. The van der Waals surface area contributed by atoms with E-state index in [1.807, 2.05) is 28.1 Å². The van der Waals surface area contributed by atoms with Gasteiger partial charge in [-0.1, -0.05) is 6.07 Å². The van der Waals surface area contributed by atoms with Crippen LogP contribution in [0.25, 0.3) is 21.6 Å². The first-order chi connectivity index (χ1) is 10.8. The third kappa shape index (κ3) is 2.18. The van der Waals surface area contributed by atoms with Crippen molar-refractivity contribution in [1.29, 1.82) is 0 Å². The fourth-order valence-corrected chi connectivity index (χ4v) is 3.63. The molecule has 0 bridgehead atoms. The van der Waals surface area contributed by atoms with Gasteiger partial charge in [-0.15, -0.1) is 11.3 Å². The first-order valence-electron chi connectivity index (χ1n) is 7.19. The normalized spacial score (nSPS) is 21.7. The summed E-state index contributed by atoms with van der Waals surface area (Å²) in [6.45, 7) is 0.0408. The number of rotatable bonds is 3. The maximum atomic E-state index is 9.22. The van der Waals surface area contributed by atoms with Gasteiger partial charge in [-0.3, -0.25) is 4.57 Å². The molecule has 22 heavy (non-hydrogen) atoms. The molecule has 1 aliphatic rings. The van der Waals surface area contributed by atoms with Crippen molar-refractivity contribution in [2.75, 3.05) is 12.3 Å². The second kappa shape index (κ2) is 5.35. The average molecular weight is 316 g/mol. The first-order valence-corrected chi connectivity index (χ1v) is 8.07. The molecule has 1 fully saturated rings. The summed E-state index contributed by atoms with van der Waals surface area (Å²) in [6, 6.07) is 5.91. The third-order valence-electron chi connectivity index (χ3n) is 3.94. The predicted molar refractivity (Wildman–Crippen MR) is 85.5 cm³/mol. The molecule has 0 aliphatic carbocycles. The highest BCUT2D eigenvalue weighted by Crippen LogP contribution is 2.35. The molecule has 0 aromatic carbocycles. The molecule has 4 heterocycles. The lowest BCUT2D eigenvalue weighted by Gasteiger charge is -2.14. The van der Waals surface area contributed by atoms with Crippen LogP contribution in [-0.2, 0) is 4.74 Å². The first kappa shape index (κ1) is 13.7. The molecule has 7 heteroatoms. The van der Waals surface area contributed by atoms with Crippen molar-refractivity contribution in [3.8, 4) is 10.4 Å². The molecule has 114 valence electrons. The van der Waals surface area contributed by atoms with Crippen molar-refractivity contribution in [1.82, 2.24) is 14.5 Å². The number of ether oxygens (including phenoxy) is 1. The van der Waals surface area contributed by atoms with E-state index >= 15 is 0 Å². The fourth-order valence-electron chi connectivity index (χ4n) is 2.88. The molecular weight excluding hydrogens is 300 g/mol. The molecule has 1 aliphatic heterocycles. The van der Waals surface area contributed by atoms with Crippen molar-refractivity contribution < 1.29 is 9.84 Å². The van der Waals surface area contributed by atoms with Crippen LogP contribution in [0, 0.1) is 0 Å². The maximum absolute atomic E-state index is 9.22. The van der Waals surface area contributed by atoms with E-state index in [0.29, 0.717) is 5.82 Å². The van der Waals surface area contributed by atoms with Gasteiger partial charge in [0.15, 0.2) is 5.65 Å². The number of hydrogen-bond donors (Lipinski definition) is 2. The van der Waals surface area contributed by atoms with Crippen molar-refractivity contribution in [2.24, 2.45) is 0 Å². The molecule has 4 rings (SSSR count). The molecule has 0 radical (unpaired) electrons. The zero-order valence-electron chi connectivity index (χ0n) is 11.8. The van der Waals surface area contributed by atoms with Crippen LogP contribution in [0.2, 0.25) is 0 Å². The van der Waals surface area contributed by atoms with E-state index in [9.17, 15) is 5.11 Å². The van der Waals surface area contributed by atoms with Gasteiger partial charge in [0.25, 0.3) is 0 Å². The number of imidazole rings is 1. The fraction of sp³-hybridized carbons (Fsp3) is 0.333. The summed E-state index contributed by atoms with van der Waals surface area (Å²) in [6.07, 6.45) is 3.16. The highest BCUT2D eigenvalue weighted by atomic mass is 32.1. The van der Waals surface area contributed by atoms with Crippen LogP contribution in [0.1, 0.15) is 19.1 Å². The number of aliphatic hydroxyl groups is 1. The predicted octanol–water partition coefficient (Wildman–Crippen LogP) is 2.41.